The average molecular weight is 351 g/mol. The van der Waals surface area contributed by atoms with Crippen molar-refractivity contribution in [2.24, 2.45) is 5.92 Å². The van der Waals surface area contributed by atoms with E-state index in [-0.39, 0.29) is 0 Å². The van der Waals surface area contributed by atoms with Crippen LogP contribution in [-0.2, 0) is 0 Å². The summed E-state index contributed by atoms with van der Waals surface area (Å²) in [7, 11) is 1.70. The highest BCUT2D eigenvalue weighted by molar-refractivity contribution is 7.13. The van der Waals surface area contributed by atoms with Crippen molar-refractivity contribution in [3.63, 3.8) is 0 Å². The fourth-order valence-corrected chi connectivity index (χ4v) is 4.35. The van der Waals surface area contributed by atoms with Gasteiger partial charge in [0, 0.05) is 11.3 Å². The molecule has 3 N–H and O–H groups in total. The minimum absolute atomic E-state index is 0.346. The summed E-state index contributed by atoms with van der Waals surface area (Å²) in [6.07, 6.45) is 2.41. The van der Waals surface area contributed by atoms with Gasteiger partial charge in [-0.3, -0.25) is 5.73 Å². The van der Waals surface area contributed by atoms with Crippen molar-refractivity contribution in [3.8, 4) is 5.75 Å². The zero-order valence-corrected chi connectivity index (χ0v) is 15.1. The Kier molecular flexibility index (Phi) is 4.45. The molecule has 0 radical (unpaired) electrons. The van der Waals surface area contributed by atoms with Crippen molar-refractivity contribution in [3.05, 3.63) is 76.8 Å². The Morgan fingerprint density at radius 3 is 2.56 bits per heavy atom. The second-order valence-electron chi connectivity index (χ2n) is 6.75. The predicted octanol–water partition coefficient (Wildman–Crippen LogP) is 4.48. The molecule has 1 aliphatic carbocycles. The molecule has 128 valence electrons. The molecule has 0 aliphatic heterocycles. The van der Waals surface area contributed by atoms with E-state index in [9.17, 15) is 0 Å². The Balaban J connectivity index is 1.56. The number of ether oxygens (including phenoxy) is 1. The Bertz CT molecular complexity index is 829. The molecule has 0 saturated heterocycles. The Labute approximate surface area is 152 Å². The Hall–Kier alpha value is -2.33. The molecule has 0 bridgehead atoms. The van der Waals surface area contributed by atoms with Crippen LogP contribution in [0.1, 0.15) is 41.5 Å². The van der Waals surface area contributed by atoms with Gasteiger partial charge < -0.3 is 4.74 Å². The van der Waals surface area contributed by atoms with Crippen molar-refractivity contribution in [2.45, 2.75) is 24.7 Å². The quantitative estimate of drug-likeness (QED) is 0.712. The molecule has 1 saturated carbocycles. The van der Waals surface area contributed by atoms with Crippen molar-refractivity contribution in [1.82, 2.24) is 0 Å². The van der Waals surface area contributed by atoms with Crippen molar-refractivity contribution >= 4 is 16.5 Å². The number of H-pyrrole nitrogens is 1. The first-order chi connectivity index (χ1) is 12.2. The number of nitrogen functional groups attached to an aromatic ring is 1. The van der Waals surface area contributed by atoms with Crippen LogP contribution in [-0.4, -0.2) is 7.11 Å². The number of hydrogen-bond donors (Lipinski definition) is 1. The van der Waals surface area contributed by atoms with E-state index in [2.05, 4.69) is 52.8 Å². The summed E-state index contributed by atoms with van der Waals surface area (Å²) in [5.74, 6) is 2.66. The molecule has 3 nitrogen and oxygen atoms in total. The molecular formula is C21H23N2OS+. The molecule has 0 amide bonds. The summed E-state index contributed by atoms with van der Waals surface area (Å²) in [6.45, 7) is 0. The van der Waals surface area contributed by atoms with Gasteiger partial charge in [0.1, 0.15) is 11.4 Å². The Morgan fingerprint density at radius 2 is 1.92 bits per heavy atom. The lowest BCUT2D eigenvalue weighted by atomic mass is 9.90. The van der Waals surface area contributed by atoms with Gasteiger partial charge >= 0.3 is 5.13 Å². The van der Waals surface area contributed by atoms with E-state index in [0.717, 1.165) is 23.2 Å². The van der Waals surface area contributed by atoms with Crippen LogP contribution in [0.25, 0.3) is 0 Å². The molecule has 3 aromatic rings. The van der Waals surface area contributed by atoms with E-state index < -0.39 is 0 Å². The van der Waals surface area contributed by atoms with Crippen LogP contribution in [0.15, 0.2) is 60.0 Å². The standard InChI is InChI=1S/C21H22N2OS/c1-24-17-9-7-15(8-10-17)19(20-13-25-21(22)23-20)12-16-11-18(16)14-5-3-2-4-6-14/h2-10,13,16,18-19H,11-12H2,1H3,(H2,22,23)/p+1. The first kappa shape index (κ1) is 16.2. The normalized spacial score (nSPS) is 20.2. The van der Waals surface area contributed by atoms with Crippen LogP contribution in [0, 0.1) is 5.92 Å². The second kappa shape index (κ2) is 6.89. The number of benzene rings is 2. The van der Waals surface area contributed by atoms with Crippen LogP contribution in [0.3, 0.4) is 0 Å². The van der Waals surface area contributed by atoms with Gasteiger partial charge in [0.15, 0.2) is 0 Å². The van der Waals surface area contributed by atoms with E-state index in [4.69, 9.17) is 10.5 Å². The molecule has 4 rings (SSSR count). The fraction of sp³-hybridized carbons (Fsp3) is 0.286. The molecule has 3 unspecified atom stereocenters. The van der Waals surface area contributed by atoms with E-state index in [1.165, 1.54) is 23.2 Å². The third kappa shape index (κ3) is 3.54. The number of aromatic nitrogens is 1. The van der Waals surface area contributed by atoms with E-state index in [0.29, 0.717) is 11.8 Å². The summed E-state index contributed by atoms with van der Waals surface area (Å²) in [6, 6.07) is 19.3. The largest absolute Gasteiger partial charge is 0.497 e. The van der Waals surface area contributed by atoms with Crippen LogP contribution in [0.5, 0.6) is 5.75 Å². The van der Waals surface area contributed by atoms with Gasteiger partial charge in [0.25, 0.3) is 0 Å². The van der Waals surface area contributed by atoms with Crippen LogP contribution in [0.2, 0.25) is 0 Å². The summed E-state index contributed by atoms with van der Waals surface area (Å²) < 4.78 is 5.30. The minimum Gasteiger partial charge on any atom is -0.497 e. The highest BCUT2D eigenvalue weighted by Gasteiger charge is 2.40. The SMILES string of the molecule is COc1ccc(C(CC2CC2c2ccccc2)c2csc(N)[nH+]2)cc1. The number of aromatic amines is 1. The number of rotatable bonds is 6. The maximum Gasteiger partial charge on any atom is 0.329 e. The number of thiazole rings is 1. The third-order valence-corrected chi connectivity index (χ3v) is 5.89. The van der Waals surface area contributed by atoms with Gasteiger partial charge in [-0.2, -0.15) is 0 Å². The molecule has 3 atom stereocenters. The predicted molar refractivity (Wildman–Crippen MR) is 102 cm³/mol. The van der Waals surface area contributed by atoms with Crippen molar-refractivity contribution < 1.29 is 9.72 Å². The lowest BCUT2D eigenvalue weighted by Gasteiger charge is -2.15. The molecule has 1 aliphatic rings. The summed E-state index contributed by atoms with van der Waals surface area (Å²) >= 11 is 1.58. The van der Waals surface area contributed by atoms with Gasteiger partial charge in [-0.1, -0.05) is 53.8 Å². The van der Waals surface area contributed by atoms with E-state index in [1.54, 1.807) is 18.4 Å². The fourth-order valence-electron chi connectivity index (χ4n) is 3.70. The first-order valence-electron chi connectivity index (χ1n) is 8.69. The third-order valence-electron chi connectivity index (χ3n) is 5.16. The average Bonchev–Trinajstić information content (AvgIpc) is 3.31. The van der Waals surface area contributed by atoms with Crippen LogP contribution in [0.4, 0.5) is 5.13 Å². The van der Waals surface area contributed by atoms with Crippen molar-refractivity contribution in [1.29, 1.82) is 0 Å². The highest BCUT2D eigenvalue weighted by Crippen LogP contribution is 2.52. The summed E-state index contributed by atoms with van der Waals surface area (Å²) in [5.41, 5.74) is 9.94. The molecule has 1 aromatic heterocycles. The van der Waals surface area contributed by atoms with Crippen LogP contribution < -0.4 is 15.5 Å². The molecule has 4 heteroatoms. The lowest BCUT2D eigenvalue weighted by molar-refractivity contribution is -0.368. The van der Waals surface area contributed by atoms with Crippen LogP contribution >= 0.6 is 11.3 Å². The maximum absolute atomic E-state index is 5.95. The summed E-state index contributed by atoms with van der Waals surface area (Å²) in [4.78, 5) is 3.36. The van der Waals surface area contributed by atoms with E-state index in [1.807, 2.05) is 12.1 Å². The molecule has 25 heavy (non-hydrogen) atoms. The van der Waals surface area contributed by atoms with Crippen molar-refractivity contribution in [2.75, 3.05) is 12.8 Å². The first-order valence-corrected chi connectivity index (χ1v) is 9.57. The minimum atomic E-state index is 0.346. The van der Waals surface area contributed by atoms with Gasteiger partial charge in [0.2, 0.25) is 0 Å². The lowest BCUT2D eigenvalue weighted by Crippen LogP contribution is -2.16. The van der Waals surface area contributed by atoms with Gasteiger partial charge in [-0.25, -0.2) is 4.98 Å². The van der Waals surface area contributed by atoms with Gasteiger partial charge in [-0.15, -0.1) is 0 Å². The monoisotopic (exact) mass is 351 g/mol. The zero-order valence-electron chi connectivity index (χ0n) is 14.3. The smallest absolute Gasteiger partial charge is 0.329 e. The Morgan fingerprint density at radius 1 is 1.16 bits per heavy atom. The number of nitrogens with two attached hydrogens (primary N) is 1. The molecule has 1 heterocycles. The maximum atomic E-state index is 5.95. The van der Waals surface area contributed by atoms with Gasteiger partial charge in [-0.05, 0) is 47.9 Å². The number of nitrogens with one attached hydrogen (secondary N) is 1. The molecular weight excluding hydrogens is 328 g/mol. The highest BCUT2D eigenvalue weighted by atomic mass is 32.1. The topological polar surface area (TPSA) is 49.4 Å². The zero-order chi connectivity index (χ0) is 17.2. The van der Waals surface area contributed by atoms with Gasteiger partial charge in [0.05, 0.1) is 7.11 Å². The number of hydrogen-bond acceptors (Lipinski definition) is 3. The second-order valence-corrected chi connectivity index (χ2v) is 7.67. The van der Waals surface area contributed by atoms with E-state index >= 15 is 0 Å². The molecule has 2 aromatic carbocycles. The summed E-state index contributed by atoms with van der Waals surface area (Å²) in [5, 5.41) is 2.92. The number of anilines is 1. The number of methoxy groups -OCH3 is 1. The molecule has 0 spiro atoms. The molecule has 1 fully saturated rings.